The van der Waals surface area contributed by atoms with Gasteiger partial charge in [-0.2, -0.15) is 0 Å². The topological polar surface area (TPSA) is 40.6 Å². The average molecular weight is 461 g/mol. The van der Waals surface area contributed by atoms with Gasteiger partial charge in [-0.05, 0) is 63.4 Å². The molecular formula is C31H28N2O2. The maximum Gasteiger partial charge on any atom is 0.246 e. The molecule has 0 radical (unpaired) electrons. The van der Waals surface area contributed by atoms with Crippen LogP contribution in [0.2, 0.25) is 0 Å². The summed E-state index contributed by atoms with van der Waals surface area (Å²) in [5, 5.41) is 4.68. The van der Waals surface area contributed by atoms with E-state index < -0.39 is 0 Å². The molecule has 4 aromatic rings. The molecule has 1 heterocycles. The van der Waals surface area contributed by atoms with Crippen molar-refractivity contribution in [2.24, 2.45) is 0 Å². The van der Waals surface area contributed by atoms with Crippen LogP contribution >= 0.6 is 0 Å². The first-order valence-corrected chi connectivity index (χ1v) is 12.1. The lowest BCUT2D eigenvalue weighted by atomic mass is 10.1. The summed E-state index contributed by atoms with van der Waals surface area (Å²) in [5.74, 6) is -0.0293. The summed E-state index contributed by atoms with van der Waals surface area (Å²) in [6.07, 6.45) is 7.79. The minimum absolute atomic E-state index is 0.0147. The summed E-state index contributed by atoms with van der Waals surface area (Å²) >= 11 is 0. The second-order valence-electron chi connectivity index (χ2n) is 8.88. The number of hydrogen-bond donors (Lipinski definition) is 0. The third kappa shape index (κ3) is 5.49. The summed E-state index contributed by atoms with van der Waals surface area (Å²) in [4.78, 5) is 29.3. The number of fused-ring (bicyclic) bond motifs is 2. The third-order valence-electron chi connectivity index (χ3n) is 6.50. The van der Waals surface area contributed by atoms with Gasteiger partial charge >= 0.3 is 0 Å². The van der Waals surface area contributed by atoms with Crippen molar-refractivity contribution in [3.05, 3.63) is 108 Å². The van der Waals surface area contributed by atoms with Crippen LogP contribution in [-0.2, 0) is 9.59 Å². The Morgan fingerprint density at radius 2 is 0.971 bits per heavy atom. The summed E-state index contributed by atoms with van der Waals surface area (Å²) < 4.78 is 0. The molecule has 1 saturated heterocycles. The molecule has 0 N–H and O–H groups in total. The fourth-order valence-electron chi connectivity index (χ4n) is 4.53. The number of rotatable bonds is 4. The first-order chi connectivity index (χ1) is 17.2. The van der Waals surface area contributed by atoms with E-state index in [0.29, 0.717) is 26.2 Å². The Labute approximate surface area is 205 Å². The molecule has 0 unspecified atom stereocenters. The minimum atomic E-state index is -0.0147. The van der Waals surface area contributed by atoms with Gasteiger partial charge in [0.15, 0.2) is 0 Å². The van der Waals surface area contributed by atoms with Gasteiger partial charge in [0.1, 0.15) is 0 Å². The van der Waals surface area contributed by atoms with Gasteiger partial charge in [0, 0.05) is 38.3 Å². The molecule has 1 aliphatic heterocycles. The van der Waals surface area contributed by atoms with E-state index in [0.717, 1.165) is 28.3 Å². The number of nitrogens with zero attached hydrogens (tertiary/aromatic N) is 2. The Morgan fingerprint density at radius 1 is 0.543 bits per heavy atom. The highest BCUT2D eigenvalue weighted by Gasteiger charge is 2.19. The lowest BCUT2D eigenvalue weighted by Gasteiger charge is -2.20. The lowest BCUT2D eigenvalue weighted by Crippen LogP contribution is -2.36. The lowest BCUT2D eigenvalue weighted by molar-refractivity contribution is -0.128. The van der Waals surface area contributed by atoms with E-state index in [-0.39, 0.29) is 11.8 Å². The van der Waals surface area contributed by atoms with Crippen molar-refractivity contribution < 1.29 is 9.59 Å². The van der Waals surface area contributed by atoms with Gasteiger partial charge in [-0.25, -0.2) is 0 Å². The van der Waals surface area contributed by atoms with Gasteiger partial charge in [0.25, 0.3) is 0 Å². The van der Waals surface area contributed by atoms with Gasteiger partial charge in [0.05, 0.1) is 0 Å². The Bertz CT molecular complexity index is 1330. The van der Waals surface area contributed by atoms with Gasteiger partial charge in [-0.15, -0.1) is 0 Å². The minimum Gasteiger partial charge on any atom is -0.337 e. The first kappa shape index (κ1) is 22.6. The molecule has 35 heavy (non-hydrogen) atoms. The fourth-order valence-corrected chi connectivity index (χ4v) is 4.53. The second-order valence-corrected chi connectivity index (χ2v) is 8.88. The molecule has 1 fully saturated rings. The van der Waals surface area contributed by atoms with Crippen LogP contribution in [0.1, 0.15) is 17.5 Å². The molecule has 0 aliphatic carbocycles. The van der Waals surface area contributed by atoms with E-state index in [9.17, 15) is 9.59 Å². The molecule has 4 aromatic carbocycles. The zero-order valence-corrected chi connectivity index (χ0v) is 19.6. The Morgan fingerprint density at radius 3 is 1.43 bits per heavy atom. The van der Waals surface area contributed by atoms with Crippen molar-refractivity contribution in [3.63, 3.8) is 0 Å². The van der Waals surface area contributed by atoms with Crippen LogP contribution in [0.15, 0.2) is 97.1 Å². The smallest absolute Gasteiger partial charge is 0.246 e. The van der Waals surface area contributed by atoms with Crippen LogP contribution in [0, 0.1) is 0 Å². The molecule has 4 nitrogen and oxygen atoms in total. The molecule has 0 spiro atoms. The molecule has 4 heteroatoms. The number of carbonyl (C=O) groups is 2. The maximum atomic E-state index is 12.8. The van der Waals surface area contributed by atoms with Gasteiger partial charge in [-0.1, -0.05) is 72.8 Å². The van der Waals surface area contributed by atoms with E-state index in [2.05, 4.69) is 48.5 Å². The first-order valence-electron chi connectivity index (χ1n) is 12.1. The van der Waals surface area contributed by atoms with Crippen molar-refractivity contribution >= 4 is 45.5 Å². The molecule has 1 aliphatic rings. The van der Waals surface area contributed by atoms with Crippen molar-refractivity contribution in [1.82, 2.24) is 9.80 Å². The fraction of sp³-hybridized carbons (Fsp3) is 0.161. The number of hydrogen-bond acceptors (Lipinski definition) is 2. The van der Waals surface area contributed by atoms with Gasteiger partial charge < -0.3 is 9.80 Å². The molecule has 0 atom stereocenters. The van der Waals surface area contributed by atoms with Crippen LogP contribution in [0.3, 0.4) is 0 Å². The molecule has 5 rings (SSSR count). The summed E-state index contributed by atoms with van der Waals surface area (Å²) in [7, 11) is 0. The summed E-state index contributed by atoms with van der Waals surface area (Å²) in [6.45, 7) is 2.38. The van der Waals surface area contributed by atoms with Crippen molar-refractivity contribution in [2.75, 3.05) is 26.2 Å². The number of carbonyl (C=O) groups excluding carboxylic acids is 2. The summed E-state index contributed by atoms with van der Waals surface area (Å²) in [6, 6.07) is 28.7. The van der Waals surface area contributed by atoms with Crippen molar-refractivity contribution in [1.29, 1.82) is 0 Å². The Balaban J connectivity index is 1.18. The monoisotopic (exact) mass is 460 g/mol. The Kier molecular flexibility index (Phi) is 6.71. The highest BCUT2D eigenvalue weighted by molar-refractivity contribution is 5.94. The third-order valence-corrected chi connectivity index (χ3v) is 6.50. The number of amides is 2. The summed E-state index contributed by atoms with van der Waals surface area (Å²) in [5.41, 5.74) is 2.00. The van der Waals surface area contributed by atoms with Crippen molar-refractivity contribution in [2.45, 2.75) is 6.42 Å². The Hall–Kier alpha value is -4.18. The average Bonchev–Trinajstić information content (AvgIpc) is 3.17. The predicted molar refractivity (Wildman–Crippen MR) is 144 cm³/mol. The molecular weight excluding hydrogens is 432 g/mol. The molecule has 0 bridgehead atoms. The van der Waals surface area contributed by atoms with E-state index in [4.69, 9.17) is 0 Å². The van der Waals surface area contributed by atoms with Gasteiger partial charge in [0.2, 0.25) is 11.8 Å². The van der Waals surface area contributed by atoms with Crippen LogP contribution in [-0.4, -0.2) is 47.8 Å². The molecule has 0 aromatic heterocycles. The number of benzene rings is 4. The SMILES string of the molecule is O=C(C=Cc1ccc2ccccc2c1)N1CCCN(C(=O)C=Cc2ccc3ccccc3c2)CC1. The zero-order chi connectivity index (χ0) is 24.0. The predicted octanol–water partition coefficient (Wildman–Crippen LogP) is 5.78. The van der Waals surface area contributed by atoms with E-state index in [1.54, 1.807) is 12.2 Å². The standard InChI is InChI=1S/C31H28N2O2/c34-30(16-12-24-10-14-26-6-1-3-8-28(26)22-24)32-18-5-19-33(21-20-32)31(35)17-13-25-11-15-27-7-2-4-9-29(27)23-25/h1-4,6-17,22-23H,5,18-21H2. The quantitative estimate of drug-likeness (QED) is 0.362. The van der Waals surface area contributed by atoms with E-state index >= 15 is 0 Å². The second kappa shape index (κ2) is 10.4. The zero-order valence-electron chi connectivity index (χ0n) is 19.6. The van der Waals surface area contributed by atoms with Crippen LogP contribution in [0.5, 0.6) is 0 Å². The molecule has 0 saturated carbocycles. The van der Waals surface area contributed by atoms with Crippen LogP contribution in [0.4, 0.5) is 0 Å². The normalized spacial score (nSPS) is 14.7. The highest BCUT2D eigenvalue weighted by Crippen LogP contribution is 2.18. The highest BCUT2D eigenvalue weighted by atomic mass is 16.2. The molecule has 2 amide bonds. The maximum absolute atomic E-state index is 12.8. The van der Waals surface area contributed by atoms with Crippen LogP contribution < -0.4 is 0 Å². The largest absolute Gasteiger partial charge is 0.337 e. The molecule has 174 valence electrons. The van der Waals surface area contributed by atoms with Crippen LogP contribution in [0.25, 0.3) is 33.7 Å². The van der Waals surface area contributed by atoms with E-state index in [1.807, 2.05) is 58.4 Å². The van der Waals surface area contributed by atoms with Gasteiger partial charge in [-0.3, -0.25) is 9.59 Å². The van der Waals surface area contributed by atoms with Crippen molar-refractivity contribution in [3.8, 4) is 0 Å². The van der Waals surface area contributed by atoms with E-state index in [1.165, 1.54) is 10.8 Å².